The lowest BCUT2D eigenvalue weighted by Crippen LogP contribution is -2.43. The van der Waals surface area contributed by atoms with Crippen LogP contribution in [0, 0.1) is 6.92 Å². The second-order valence-corrected chi connectivity index (χ2v) is 7.08. The highest BCUT2D eigenvalue weighted by Gasteiger charge is 2.33. The molecular weight excluding hydrogens is 399 g/mol. The van der Waals surface area contributed by atoms with Gasteiger partial charge in [0.05, 0.1) is 23.6 Å². The predicted molar refractivity (Wildman–Crippen MR) is 101 cm³/mol. The minimum atomic E-state index is -4.82. The number of halogens is 3. The third-order valence-corrected chi connectivity index (χ3v) is 4.89. The van der Waals surface area contributed by atoms with Crippen LogP contribution in [0.5, 0.6) is 5.75 Å². The third kappa shape index (κ3) is 3.98. The molecule has 1 aliphatic rings. The number of H-pyrrole nitrogens is 1. The first-order chi connectivity index (χ1) is 14.2. The van der Waals surface area contributed by atoms with E-state index in [0.717, 1.165) is 29.1 Å². The Kier molecular flexibility index (Phi) is 4.92. The largest absolute Gasteiger partial charge is 0.573 e. The van der Waals surface area contributed by atoms with E-state index in [9.17, 15) is 18.0 Å². The van der Waals surface area contributed by atoms with E-state index >= 15 is 0 Å². The lowest BCUT2D eigenvalue weighted by Gasteiger charge is -2.35. The summed E-state index contributed by atoms with van der Waals surface area (Å²) in [6.45, 7) is 3.87. The van der Waals surface area contributed by atoms with Gasteiger partial charge in [0, 0.05) is 23.4 Å². The quantitative estimate of drug-likeness (QED) is 0.703. The van der Waals surface area contributed by atoms with Crippen molar-refractivity contribution in [3.63, 3.8) is 0 Å². The van der Waals surface area contributed by atoms with Gasteiger partial charge >= 0.3 is 6.36 Å². The molecule has 3 aromatic rings. The number of hydrogen-bond acceptors (Lipinski definition) is 5. The normalized spacial score (nSPS) is 16.3. The van der Waals surface area contributed by atoms with Gasteiger partial charge in [0.2, 0.25) is 0 Å². The summed E-state index contributed by atoms with van der Waals surface area (Å²) in [5, 5.41) is 6.87. The Morgan fingerprint density at radius 1 is 1.27 bits per heavy atom. The molecule has 10 heteroatoms. The predicted octanol–water partition coefficient (Wildman–Crippen LogP) is 3.66. The number of nitrogens with zero attached hydrogens (tertiary/aromatic N) is 4. The summed E-state index contributed by atoms with van der Waals surface area (Å²) in [4.78, 5) is 23.7. The molecule has 7 nitrogen and oxygen atoms in total. The van der Waals surface area contributed by atoms with Gasteiger partial charge < -0.3 is 9.64 Å². The van der Waals surface area contributed by atoms with Crippen molar-refractivity contribution in [1.82, 2.24) is 25.1 Å². The molecule has 1 amide bonds. The van der Waals surface area contributed by atoms with Crippen LogP contribution in [0.4, 0.5) is 13.2 Å². The lowest BCUT2D eigenvalue weighted by atomic mass is 9.95. The zero-order valence-electron chi connectivity index (χ0n) is 16.2. The molecule has 1 aliphatic heterocycles. The molecule has 0 fully saturated rings. The third-order valence-electron chi connectivity index (χ3n) is 4.89. The van der Waals surface area contributed by atoms with Crippen LogP contribution in [-0.4, -0.2) is 43.4 Å². The Bertz CT molecular complexity index is 1080. The molecule has 30 heavy (non-hydrogen) atoms. The summed E-state index contributed by atoms with van der Waals surface area (Å²) in [6, 6.07) is 6.70. The summed E-state index contributed by atoms with van der Waals surface area (Å²) < 4.78 is 41.5. The van der Waals surface area contributed by atoms with Crippen LogP contribution in [0.1, 0.15) is 34.4 Å². The molecule has 0 spiro atoms. The number of carbonyl (C=O) groups is 1. The summed E-state index contributed by atoms with van der Waals surface area (Å²) in [5.74, 6) is -0.265. The molecule has 1 atom stereocenters. The molecule has 1 N–H and O–H groups in total. The van der Waals surface area contributed by atoms with Gasteiger partial charge in [-0.2, -0.15) is 5.10 Å². The monoisotopic (exact) mass is 417 g/mol. The van der Waals surface area contributed by atoms with Gasteiger partial charge in [-0.25, -0.2) is 9.97 Å². The van der Waals surface area contributed by atoms with Gasteiger partial charge in [0.1, 0.15) is 11.6 Å². The van der Waals surface area contributed by atoms with Gasteiger partial charge in [-0.1, -0.05) is 6.07 Å². The molecular formula is C20H18F3N5O2. The van der Waals surface area contributed by atoms with E-state index in [1.54, 1.807) is 18.0 Å². The average Bonchev–Trinajstić information content (AvgIpc) is 3.20. The Morgan fingerprint density at radius 2 is 2.07 bits per heavy atom. The maximum absolute atomic E-state index is 13.1. The Morgan fingerprint density at radius 3 is 2.77 bits per heavy atom. The number of fused-ring (bicyclic) bond motifs is 1. The van der Waals surface area contributed by atoms with Gasteiger partial charge in [-0.3, -0.25) is 9.89 Å². The van der Waals surface area contributed by atoms with E-state index in [0.29, 0.717) is 17.9 Å². The molecule has 4 rings (SSSR count). The number of carbonyl (C=O) groups excluding carboxylic acids is 1. The fourth-order valence-electron chi connectivity index (χ4n) is 3.60. The number of alkyl halides is 3. The highest BCUT2D eigenvalue weighted by molar-refractivity contribution is 5.95. The highest BCUT2D eigenvalue weighted by Crippen LogP contribution is 2.31. The maximum Gasteiger partial charge on any atom is 0.573 e. The van der Waals surface area contributed by atoms with Crippen molar-refractivity contribution in [3.8, 4) is 17.1 Å². The van der Waals surface area contributed by atoms with Crippen LogP contribution >= 0.6 is 0 Å². The number of aryl methyl sites for hydroxylation is 1. The summed E-state index contributed by atoms with van der Waals surface area (Å²) in [6.07, 6.45) is -2.68. The Balaban J connectivity index is 1.64. The van der Waals surface area contributed by atoms with E-state index < -0.39 is 12.1 Å². The molecule has 0 aliphatic carbocycles. The number of benzene rings is 1. The molecule has 2 aromatic heterocycles. The topological polar surface area (TPSA) is 84.0 Å². The van der Waals surface area contributed by atoms with E-state index in [-0.39, 0.29) is 24.1 Å². The first kappa shape index (κ1) is 19.9. The Labute approximate surface area is 169 Å². The number of aromatic nitrogens is 4. The van der Waals surface area contributed by atoms with Crippen molar-refractivity contribution in [2.45, 2.75) is 39.2 Å². The highest BCUT2D eigenvalue weighted by atomic mass is 19.4. The van der Waals surface area contributed by atoms with E-state index in [2.05, 4.69) is 24.9 Å². The molecule has 0 saturated carbocycles. The molecule has 0 radical (unpaired) electrons. The second-order valence-electron chi connectivity index (χ2n) is 7.08. The first-order valence-electron chi connectivity index (χ1n) is 9.24. The van der Waals surface area contributed by atoms with Gasteiger partial charge in [0.15, 0.2) is 0 Å². The van der Waals surface area contributed by atoms with Crippen molar-refractivity contribution < 1.29 is 22.7 Å². The van der Waals surface area contributed by atoms with Crippen molar-refractivity contribution >= 4 is 5.91 Å². The minimum absolute atomic E-state index is 0.117. The molecule has 0 unspecified atom stereocenters. The van der Waals surface area contributed by atoms with Crippen molar-refractivity contribution in [2.75, 3.05) is 0 Å². The number of rotatable bonds is 3. The van der Waals surface area contributed by atoms with Crippen LogP contribution in [0.2, 0.25) is 0 Å². The summed E-state index contributed by atoms with van der Waals surface area (Å²) in [5.41, 5.74) is 3.26. The van der Waals surface area contributed by atoms with E-state index in [1.165, 1.54) is 12.1 Å². The van der Waals surface area contributed by atoms with Crippen LogP contribution in [0.3, 0.4) is 0 Å². The van der Waals surface area contributed by atoms with Crippen molar-refractivity contribution in [3.05, 3.63) is 59.2 Å². The van der Waals surface area contributed by atoms with Crippen molar-refractivity contribution in [1.29, 1.82) is 0 Å². The minimum Gasteiger partial charge on any atom is -0.406 e. The Hall–Kier alpha value is -3.43. The molecule has 0 bridgehead atoms. The number of aromatic amines is 1. The number of amides is 1. The van der Waals surface area contributed by atoms with E-state index in [1.807, 2.05) is 13.0 Å². The zero-order valence-corrected chi connectivity index (χ0v) is 16.2. The molecule has 1 aromatic carbocycles. The standard InChI is InChI=1S/C20H18F3N5O2/c1-11-8-15-17(25-12(2)26-18(15)16-6-7-24-27-16)10-28(11)19(29)13-4-3-5-14(9-13)30-20(21,22)23/h3-7,9,11H,8,10H2,1-2H3,(H,24,27)/t11-/m1/s1. The molecule has 156 valence electrons. The van der Waals surface area contributed by atoms with Crippen LogP contribution < -0.4 is 4.74 Å². The smallest absolute Gasteiger partial charge is 0.406 e. The average molecular weight is 417 g/mol. The van der Waals surface area contributed by atoms with E-state index in [4.69, 9.17) is 0 Å². The van der Waals surface area contributed by atoms with Gasteiger partial charge in [0.25, 0.3) is 5.91 Å². The SMILES string of the molecule is Cc1nc2c(c(-c3ccn[nH]3)n1)C[C@@H](C)N(C(=O)c1cccc(OC(F)(F)F)c1)C2. The fourth-order valence-corrected chi connectivity index (χ4v) is 3.60. The van der Waals surface area contributed by atoms with Crippen LogP contribution in [-0.2, 0) is 13.0 Å². The number of nitrogens with one attached hydrogen (secondary N) is 1. The fraction of sp³-hybridized carbons (Fsp3) is 0.300. The zero-order chi connectivity index (χ0) is 21.5. The van der Waals surface area contributed by atoms with Gasteiger partial charge in [-0.05, 0) is 44.5 Å². The molecule has 3 heterocycles. The first-order valence-corrected chi connectivity index (χ1v) is 9.24. The second kappa shape index (κ2) is 7.43. The number of hydrogen-bond donors (Lipinski definition) is 1. The van der Waals surface area contributed by atoms with Crippen LogP contribution in [0.15, 0.2) is 36.5 Å². The number of ether oxygens (including phenoxy) is 1. The summed E-state index contributed by atoms with van der Waals surface area (Å²) in [7, 11) is 0. The van der Waals surface area contributed by atoms with Gasteiger partial charge in [-0.15, -0.1) is 13.2 Å². The summed E-state index contributed by atoms with van der Waals surface area (Å²) >= 11 is 0. The van der Waals surface area contributed by atoms with Crippen LogP contribution in [0.25, 0.3) is 11.4 Å². The molecule has 0 saturated heterocycles. The van der Waals surface area contributed by atoms with Crippen molar-refractivity contribution in [2.24, 2.45) is 0 Å². The maximum atomic E-state index is 13.1. The lowest BCUT2D eigenvalue weighted by molar-refractivity contribution is -0.274.